The number of hydrogen-bond donors (Lipinski definition) is 1. The Morgan fingerprint density at radius 3 is 3.11 bits per heavy atom. The lowest BCUT2D eigenvalue weighted by atomic mass is 10.1. The van der Waals surface area contributed by atoms with Crippen LogP contribution in [0.15, 0.2) is 17.5 Å². The van der Waals surface area contributed by atoms with Gasteiger partial charge in [-0.25, -0.2) is 0 Å². The molecule has 2 heterocycles. The minimum atomic E-state index is -0.179. The molecule has 1 saturated heterocycles. The molecule has 0 bridgehead atoms. The Hall–Kier alpha value is -1.40. The first-order chi connectivity index (χ1) is 9.19. The molecule has 1 aliphatic rings. The van der Waals surface area contributed by atoms with Gasteiger partial charge in [-0.3, -0.25) is 14.5 Å². The Kier molecular flexibility index (Phi) is 4.93. The quantitative estimate of drug-likeness (QED) is 0.814. The van der Waals surface area contributed by atoms with E-state index in [9.17, 15) is 9.59 Å². The van der Waals surface area contributed by atoms with Crippen molar-refractivity contribution in [2.24, 2.45) is 5.92 Å². The predicted molar refractivity (Wildman–Crippen MR) is 72.7 cm³/mol. The molecule has 19 heavy (non-hydrogen) atoms. The zero-order chi connectivity index (χ0) is 13.7. The maximum Gasteiger partial charge on any atom is 0.310 e. The Morgan fingerprint density at radius 1 is 1.58 bits per heavy atom. The van der Waals surface area contributed by atoms with Crippen LogP contribution in [-0.4, -0.2) is 43.5 Å². The van der Waals surface area contributed by atoms with Gasteiger partial charge in [-0.15, -0.1) is 11.3 Å². The normalized spacial score (nSPS) is 19.3. The highest BCUT2D eigenvalue weighted by molar-refractivity contribution is 7.09. The van der Waals surface area contributed by atoms with Crippen molar-refractivity contribution in [1.82, 2.24) is 10.2 Å². The number of nitrogens with one attached hydrogen (secondary N) is 1. The average molecular weight is 282 g/mol. The number of carbonyl (C=O) groups excluding carboxylic acids is 2. The van der Waals surface area contributed by atoms with E-state index in [-0.39, 0.29) is 17.8 Å². The van der Waals surface area contributed by atoms with Crippen molar-refractivity contribution in [1.29, 1.82) is 0 Å². The van der Waals surface area contributed by atoms with Gasteiger partial charge in [0.05, 0.1) is 26.1 Å². The first-order valence-electron chi connectivity index (χ1n) is 6.28. The average Bonchev–Trinajstić information content (AvgIpc) is 3.06. The summed E-state index contributed by atoms with van der Waals surface area (Å²) < 4.78 is 4.72. The lowest BCUT2D eigenvalue weighted by Gasteiger charge is -2.14. The largest absolute Gasteiger partial charge is 0.469 e. The summed E-state index contributed by atoms with van der Waals surface area (Å²) in [6.45, 7) is 2.30. The lowest BCUT2D eigenvalue weighted by molar-refractivity contribution is -0.145. The van der Waals surface area contributed by atoms with Gasteiger partial charge in [0.1, 0.15) is 0 Å². The number of hydrogen-bond acceptors (Lipinski definition) is 5. The summed E-state index contributed by atoms with van der Waals surface area (Å²) in [5, 5.41) is 4.87. The van der Waals surface area contributed by atoms with Crippen LogP contribution in [0.5, 0.6) is 0 Å². The molecule has 1 fully saturated rings. The van der Waals surface area contributed by atoms with Gasteiger partial charge in [-0.1, -0.05) is 6.07 Å². The molecule has 0 aromatic carbocycles. The molecule has 1 aromatic rings. The van der Waals surface area contributed by atoms with Crippen molar-refractivity contribution in [3.05, 3.63) is 22.4 Å². The van der Waals surface area contributed by atoms with Crippen LogP contribution in [0.3, 0.4) is 0 Å². The van der Waals surface area contributed by atoms with Crippen LogP contribution >= 0.6 is 11.3 Å². The van der Waals surface area contributed by atoms with E-state index in [1.165, 1.54) is 7.11 Å². The highest BCUT2D eigenvalue weighted by Crippen LogP contribution is 2.16. The summed E-state index contributed by atoms with van der Waals surface area (Å²) >= 11 is 1.63. The number of esters is 1. The van der Waals surface area contributed by atoms with Crippen LogP contribution in [0.1, 0.15) is 11.3 Å². The van der Waals surface area contributed by atoms with Crippen LogP contribution in [-0.2, 0) is 20.9 Å². The minimum absolute atomic E-state index is 0.00100. The van der Waals surface area contributed by atoms with Crippen LogP contribution in [0.2, 0.25) is 0 Å². The second kappa shape index (κ2) is 6.68. The molecule has 104 valence electrons. The van der Waals surface area contributed by atoms with Crippen LogP contribution in [0.4, 0.5) is 0 Å². The standard InChI is InChI=1S/C13H18N2O3S/c1-18-13(17)10-4-5-15(8-10)9-12(16)14-7-11-3-2-6-19-11/h2-3,6,10H,4-5,7-9H2,1H3,(H,14,16). The topological polar surface area (TPSA) is 58.6 Å². The molecule has 1 atom stereocenters. The summed E-state index contributed by atoms with van der Waals surface area (Å²) in [5.41, 5.74) is 0. The van der Waals surface area contributed by atoms with E-state index in [4.69, 9.17) is 4.74 Å². The van der Waals surface area contributed by atoms with Crippen LogP contribution < -0.4 is 5.32 Å². The summed E-state index contributed by atoms with van der Waals surface area (Å²) in [5.74, 6) is -0.268. The zero-order valence-electron chi connectivity index (χ0n) is 10.9. The number of likely N-dealkylation sites (tertiary alicyclic amines) is 1. The van der Waals surface area contributed by atoms with Gasteiger partial charge in [0, 0.05) is 11.4 Å². The monoisotopic (exact) mass is 282 g/mol. The summed E-state index contributed by atoms with van der Waals surface area (Å²) in [6.07, 6.45) is 0.769. The number of nitrogens with zero attached hydrogens (tertiary/aromatic N) is 1. The molecule has 1 aromatic heterocycles. The predicted octanol–water partition coefficient (Wildman–Crippen LogP) is 0.859. The molecule has 1 N–H and O–H groups in total. The number of ether oxygens (including phenoxy) is 1. The maximum atomic E-state index is 11.8. The number of carbonyl (C=O) groups is 2. The van der Waals surface area contributed by atoms with E-state index in [0.717, 1.165) is 17.8 Å². The second-order valence-electron chi connectivity index (χ2n) is 4.60. The molecular formula is C13H18N2O3S. The molecule has 1 amide bonds. The fraction of sp³-hybridized carbons (Fsp3) is 0.538. The molecule has 1 unspecified atom stereocenters. The van der Waals surface area contributed by atoms with Gasteiger partial charge in [-0.2, -0.15) is 0 Å². The smallest absolute Gasteiger partial charge is 0.310 e. The third kappa shape index (κ3) is 4.04. The van der Waals surface area contributed by atoms with E-state index in [0.29, 0.717) is 19.6 Å². The van der Waals surface area contributed by atoms with Crippen molar-refractivity contribution >= 4 is 23.2 Å². The Bertz CT molecular complexity index is 433. The molecule has 0 saturated carbocycles. The van der Waals surface area contributed by atoms with E-state index >= 15 is 0 Å². The highest BCUT2D eigenvalue weighted by Gasteiger charge is 2.29. The van der Waals surface area contributed by atoms with Crippen LogP contribution in [0.25, 0.3) is 0 Å². The van der Waals surface area contributed by atoms with Gasteiger partial charge in [-0.05, 0) is 24.4 Å². The van der Waals surface area contributed by atoms with Gasteiger partial charge in [0.25, 0.3) is 0 Å². The Morgan fingerprint density at radius 2 is 2.42 bits per heavy atom. The van der Waals surface area contributed by atoms with E-state index in [2.05, 4.69) is 5.32 Å². The number of amides is 1. The minimum Gasteiger partial charge on any atom is -0.469 e. The van der Waals surface area contributed by atoms with Gasteiger partial charge >= 0.3 is 5.97 Å². The second-order valence-corrected chi connectivity index (χ2v) is 5.63. The van der Waals surface area contributed by atoms with E-state index < -0.39 is 0 Å². The summed E-state index contributed by atoms with van der Waals surface area (Å²) in [6, 6.07) is 3.96. The summed E-state index contributed by atoms with van der Waals surface area (Å²) in [7, 11) is 1.40. The third-order valence-corrected chi connectivity index (χ3v) is 4.09. The van der Waals surface area contributed by atoms with Gasteiger partial charge < -0.3 is 10.1 Å². The maximum absolute atomic E-state index is 11.8. The van der Waals surface area contributed by atoms with Gasteiger partial charge in [0.2, 0.25) is 5.91 Å². The molecular weight excluding hydrogens is 264 g/mol. The van der Waals surface area contributed by atoms with Gasteiger partial charge in [0.15, 0.2) is 0 Å². The highest BCUT2D eigenvalue weighted by atomic mass is 32.1. The molecule has 0 spiro atoms. The number of rotatable bonds is 5. The Balaban J connectivity index is 1.70. The molecule has 0 radical (unpaired) electrons. The van der Waals surface area contributed by atoms with Crippen molar-refractivity contribution in [2.45, 2.75) is 13.0 Å². The number of thiophene rings is 1. The summed E-state index contributed by atoms with van der Waals surface area (Å²) in [4.78, 5) is 26.3. The van der Waals surface area contributed by atoms with Crippen molar-refractivity contribution < 1.29 is 14.3 Å². The zero-order valence-corrected chi connectivity index (χ0v) is 11.7. The van der Waals surface area contributed by atoms with Crippen molar-refractivity contribution in [2.75, 3.05) is 26.7 Å². The fourth-order valence-corrected chi connectivity index (χ4v) is 2.84. The SMILES string of the molecule is COC(=O)C1CCN(CC(=O)NCc2cccs2)C1. The van der Waals surface area contributed by atoms with Crippen molar-refractivity contribution in [3.8, 4) is 0 Å². The first kappa shape index (κ1) is 14.0. The molecule has 5 nitrogen and oxygen atoms in total. The first-order valence-corrected chi connectivity index (χ1v) is 7.16. The fourth-order valence-electron chi connectivity index (χ4n) is 2.19. The lowest BCUT2D eigenvalue weighted by Crippen LogP contribution is -2.36. The molecule has 6 heteroatoms. The van der Waals surface area contributed by atoms with E-state index in [1.807, 2.05) is 22.4 Å². The molecule has 2 rings (SSSR count). The van der Waals surface area contributed by atoms with Crippen LogP contribution in [0, 0.1) is 5.92 Å². The third-order valence-electron chi connectivity index (χ3n) is 3.21. The van der Waals surface area contributed by atoms with Crippen molar-refractivity contribution in [3.63, 3.8) is 0 Å². The molecule has 0 aliphatic carbocycles. The Labute approximate surface area is 116 Å². The molecule has 1 aliphatic heterocycles. The number of methoxy groups -OCH3 is 1. The van der Waals surface area contributed by atoms with E-state index in [1.54, 1.807) is 11.3 Å².